The van der Waals surface area contributed by atoms with Gasteiger partial charge in [0.25, 0.3) is 0 Å². The summed E-state index contributed by atoms with van der Waals surface area (Å²) in [6.45, 7) is 2.41. The van der Waals surface area contributed by atoms with Crippen molar-refractivity contribution in [3.05, 3.63) is 0 Å². The van der Waals surface area contributed by atoms with Crippen LogP contribution in [0.15, 0.2) is 0 Å². The number of ether oxygens (including phenoxy) is 1. The first-order valence-corrected chi connectivity index (χ1v) is 4.08. The quantitative estimate of drug-likeness (QED) is 0.619. The van der Waals surface area contributed by atoms with Gasteiger partial charge in [-0.1, -0.05) is 19.8 Å². The zero-order chi connectivity index (χ0) is 8.32. The van der Waals surface area contributed by atoms with Crippen LogP contribution in [-0.2, 0) is 9.53 Å². The van der Waals surface area contributed by atoms with E-state index in [1.54, 1.807) is 0 Å². The molecule has 0 radical (unpaired) electrons. The molecule has 3 heteroatoms. The van der Waals surface area contributed by atoms with E-state index in [4.69, 9.17) is 0 Å². The lowest BCUT2D eigenvalue weighted by Gasteiger charge is -2.15. The zero-order valence-corrected chi connectivity index (χ0v) is 6.80. The average molecular weight is 158 g/mol. The van der Waals surface area contributed by atoms with Gasteiger partial charge in [-0.05, 0) is 6.42 Å². The van der Waals surface area contributed by atoms with Crippen LogP contribution in [0.3, 0.4) is 0 Å². The predicted molar refractivity (Wildman–Crippen MR) is 40.1 cm³/mol. The number of hydrogen-bond donors (Lipinski definition) is 1. The molecule has 1 saturated heterocycles. The predicted octanol–water partition coefficient (Wildman–Crippen LogP) is 0.855. The molecule has 1 aliphatic heterocycles. The lowest BCUT2D eigenvalue weighted by molar-refractivity contribution is -0.153. The molecule has 64 valence electrons. The minimum absolute atomic E-state index is 0.374. The standard InChI is InChI=1S/C8H14O3/c1-2-3-4-8(10)5-6-11-7(8)9/h10H,2-6H2,1H3. The first kappa shape index (κ1) is 8.53. The molecule has 0 amide bonds. The van der Waals surface area contributed by atoms with E-state index in [1.807, 2.05) is 6.92 Å². The molecule has 11 heavy (non-hydrogen) atoms. The van der Waals surface area contributed by atoms with Crippen LogP contribution in [-0.4, -0.2) is 23.3 Å². The van der Waals surface area contributed by atoms with Crippen molar-refractivity contribution in [2.24, 2.45) is 0 Å². The van der Waals surface area contributed by atoms with Gasteiger partial charge in [0.2, 0.25) is 0 Å². The maximum atomic E-state index is 10.9. The third kappa shape index (κ3) is 1.71. The Morgan fingerprint density at radius 2 is 2.45 bits per heavy atom. The van der Waals surface area contributed by atoms with Crippen LogP contribution in [0.1, 0.15) is 32.6 Å². The first-order chi connectivity index (χ1) is 5.19. The largest absolute Gasteiger partial charge is 0.463 e. The Hall–Kier alpha value is -0.570. The van der Waals surface area contributed by atoms with Gasteiger partial charge in [-0.15, -0.1) is 0 Å². The maximum absolute atomic E-state index is 10.9. The molecular formula is C8H14O3. The fraction of sp³-hybridized carbons (Fsp3) is 0.875. The fourth-order valence-corrected chi connectivity index (χ4v) is 1.25. The minimum Gasteiger partial charge on any atom is -0.463 e. The number of rotatable bonds is 3. The van der Waals surface area contributed by atoms with Crippen molar-refractivity contribution < 1.29 is 14.6 Å². The summed E-state index contributed by atoms with van der Waals surface area (Å²) in [6.07, 6.45) is 2.88. The summed E-state index contributed by atoms with van der Waals surface area (Å²) in [5, 5.41) is 9.62. The van der Waals surface area contributed by atoms with E-state index in [9.17, 15) is 9.90 Å². The van der Waals surface area contributed by atoms with E-state index in [2.05, 4.69) is 4.74 Å². The molecular weight excluding hydrogens is 144 g/mol. The van der Waals surface area contributed by atoms with Crippen LogP contribution >= 0.6 is 0 Å². The van der Waals surface area contributed by atoms with Crippen molar-refractivity contribution >= 4 is 5.97 Å². The summed E-state index contributed by atoms with van der Waals surface area (Å²) in [6, 6.07) is 0. The van der Waals surface area contributed by atoms with Crippen LogP contribution in [0, 0.1) is 0 Å². The van der Waals surface area contributed by atoms with Crippen molar-refractivity contribution in [3.8, 4) is 0 Å². The third-order valence-electron chi connectivity index (χ3n) is 2.07. The molecule has 1 aliphatic rings. The van der Waals surface area contributed by atoms with Gasteiger partial charge in [0.05, 0.1) is 6.61 Å². The van der Waals surface area contributed by atoms with E-state index < -0.39 is 11.6 Å². The molecule has 0 bridgehead atoms. The summed E-state index contributed by atoms with van der Waals surface area (Å²) in [7, 11) is 0. The highest BCUT2D eigenvalue weighted by Gasteiger charge is 2.41. The lowest BCUT2D eigenvalue weighted by atomic mass is 9.96. The van der Waals surface area contributed by atoms with E-state index in [1.165, 1.54) is 0 Å². The number of hydrogen-bond acceptors (Lipinski definition) is 3. The molecule has 1 atom stereocenters. The highest BCUT2D eigenvalue weighted by atomic mass is 16.6. The summed E-state index contributed by atoms with van der Waals surface area (Å²) in [5.41, 5.74) is -1.16. The van der Waals surface area contributed by atoms with E-state index in [-0.39, 0.29) is 0 Å². The van der Waals surface area contributed by atoms with Crippen molar-refractivity contribution in [2.75, 3.05) is 6.61 Å². The Balaban J connectivity index is 2.44. The van der Waals surface area contributed by atoms with Gasteiger partial charge in [-0.2, -0.15) is 0 Å². The fourth-order valence-electron chi connectivity index (χ4n) is 1.25. The Morgan fingerprint density at radius 1 is 1.73 bits per heavy atom. The van der Waals surface area contributed by atoms with Crippen LogP contribution in [0.4, 0.5) is 0 Å². The molecule has 0 aliphatic carbocycles. The van der Waals surface area contributed by atoms with Gasteiger partial charge >= 0.3 is 5.97 Å². The molecule has 1 heterocycles. The summed E-state index contributed by atoms with van der Waals surface area (Å²) in [5.74, 6) is -0.439. The van der Waals surface area contributed by atoms with Gasteiger partial charge < -0.3 is 9.84 Å². The molecule has 0 aromatic heterocycles. The monoisotopic (exact) mass is 158 g/mol. The van der Waals surface area contributed by atoms with Gasteiger partial charge in [-0.25, -0.2) is 4.79 Å². The van der Waals surface area contributed by atoms with Gasteiger partial charge in [0, 0.05) is 6.42 Å². The number of aliphatic hydroxyl groups is 1. The molecule has 0 saturated carbocycles. The molecule has 0 aromatic carbocycles. The Bertz CT molecular complexity index is 155. The topological polar surface area (TPSA) is 46.5 Å². The molecule has 0 aromatic rings. The van der Waals surface area contributed by atoms with Crippen molar-refractivity contribution in [1.82, 2.24) is 0 Å². The van der Waals surface area contributed by atoms with Gasteiger partial charge in [0.1, 0.15) is 0 Å². The van der Waals surface area contributed by atoms with Crippen molar-refractivity contribution in [2.45, 2.75) is 38.2 Å². The molecule has 0 spiro atoms. The number of cyclic esters (lactones) is 1. The Morgan fingerprint density at radius 3 is 2.91 bits per heavy atom. The van der Waals surface area contributed by atoms with Crippen LogP contribution in [0.2, 0.25) is 0 Å². The van der Waals surface area contributed by atoms with Crippen LogP contribution in [0.25, 0.3) is 0 Å². The Labute approximate surface area is 66.4 Å². The smallest absolute Gasteiger partial charge is 0.338 e. The summed E-state index contributed by atoms with van der Waals surface area (Å²) in [4.78, 5) is 10.9. The summed E-state index contributed by atoms with van der Waals surface area (Å²) >= 11 is 0. The molecule has 3 nitrogen and oxygen atoms in total. The SMILES string of the molecule is CCCCC1(O)CCOC1=O. The minimum atomic E-state index is -1.16. The van der Waals surface area contributed by atoms with Crippen molar-refractivity contribution in [3.63, 3.8) is 0 Å². The summed E-state index contributed by atoms with van der Waals surface area (Å²) < 4.78 is 4.68. The molecule has 1 fully saturated rings. The second kappa shape index (κ2) is 3.22. The number of carbonyl (C=O) groups is 1. The lowest BCUT2D eigenvalue weighted by Crippen LogP contribution is -2.33. The molecule has 1 rings (SSSR count). The first-order valence-electron chi connectivity index (χ1n) is 4.08. The van der Waals surface area contributed by atoms with Crippen LogP contribution in [0.5, 0.6) is 0 Å². The normalized spacial score (nSPS) is 30.5. The highest BCUT2D eigenvalue weighted by molar-refractivity contribution is 5.80. The second-order valence-corrected chi connectivity index (χ2v) is 3.02. The van der Waals surface area contributed by atoms with Crippen molar-refractivity contribution in [1.29, 1.82) is 0 Å². The number of esters is 1. The van der Waals surface area contributed by atoms with E-state index >= 15 is 0 Å². The Kier molecular flexibility index (Phi) is 2.49. The van der Waals surface area contributed by atoms with E-state index in [0.717, 1.165) is 12.8 Å². The molecule has 1 N–H and O–H groups in total. The average Bonchev–Trinajstić information content (AvgIpc) is 2.30. The second-order valence-electron chi connectivity index (χ2n) is 3.02. The van der Waals surface area contributed by atoms with Crippen LogP contribution < -0.4 is 0 Å². The van der Waals surface area contributed by atoms with E-state index in [0.29, 0.717) is 19.4 Å². The van der Waals surface area contributed by atoms with Gasteiger partial charge in [-0.3, -0.25) is 0 Å². The maximum Gasteiger partial charge on any atom is 0.338 e. The molecule has 1 unspecified atom stereocenters. The zero-order valence-electron chi connectivity index (χ0n) is 6.80. The number of unbranched alkanes of at least 4 members (excludes halogenated alkanes) is 1. The third-order valence-corrected chi connectivity index (χ3v) is 2.07. The number of carbonyl (C=O) groups excluding carboxylic acids is 1. The van der Waals surface area contributed by atoms with Gasteiger partial charge in [0.15, 0.2) is 5.60 Å². The highest BCUT2D eigenvalue weighted by Crippen LogP contribution is 2.25.